The quantitative estimate of drug-likeness (QED) is 0.735. The molecule has 1 heterocycles. The zero-order valence-electron chi connectivity index (χ0n) is 12.3. The predicted octanol–water partition coefficient (Wildman–Crippen LogP) is 2.66. The van der Waals surface area contributed by atoms with Crippen molar-refractivity contribution < 1.29 is 5.21 Å². The molecule has 0 bridgehead atoms. The minimum absolute atomic E-state index is 0.566. The van der Waals surface area contributed by atoms with E-state index in [-0.39, 0.29) is 0 Å². The van der Waals surface area contributed by atoms with E-state index in [9.17, 15) is 5.21 Å². The van der Waals surface area contributed by atoms with Crippen LogP contribution in [-0.4, -0.2) is 29.6 Å². The van der Waals surface area contributed by atoms with Gasteiger partial charge in [0, 0.05) is 36.4 Å². The largest absolute Gasteiger partial charge is 0.426 e. The summed E-state index contributed by atoms with van der Waals surface area (Å²) in [6.45, 7) is 8.35. The first-order chi connectivity index (χ1) is 9.71. The minimum Gasteiger partial charge on any atom is -0.426 e. The number of fused-ring (bicyclic) bond motifs is 1. The van der Waals surface area contributed by atoms with E-state index >= 15 is 0 Å². The number of pyridine rings is 1. The van der Waals surface area contributed by atoms with Gasteiger partial charge < -0.3 is 15.8 Å². The van der Waals surface area contributed by atoms with Crippen LogP contribution in [0.15, 0.2) is 29.3 Å². The fourth-order valence-corrected chi connectivity index (χ4v) is 2.26. The first kappa shape index (κ1) is 14.2. The molecule has 0 atom stereocenters. The Labute approximate surface area is 118 Å². The highest BCUT2D eigenvalue weighted by atomic mass is 16.5. The molecule has 0 saturated heterocycles. The van der Waals surface area contributed by atoms with Crippen molar-refractivity contribution in [2.45, 2.75) is 20.8 Å². The first-order valence-corrected chi connectivity index (χ1v) is 7.08. The van der Waals surface area contributed by atoms with Crippen LogP contribution >= 0.6 is 0 Å². The van der Waals surface area contributed by atoms with Crippen molar-refractivity contribution in [1.29, 1.82) is 0 Å². The van der Waals surface area contributed by atoms with Gasteiger partial charge in [-0.3, -0.25) is 4.99 Å². The number of aromatic nitrogens is 1. The summed E-state index contributed by atoms with van der Waals surface area (Å²) in [5, 5.41) is 17.9. The zero-order chi connectivity index (χ0) is 14.5. The van der Waals surface area contributed by atoms with Crippen LogP contribution in [0.2, 0.25) is 0 Å². The van der Waals surface area contributed by atoms with Crippen molar-refractivity contribution in [2.75, 3.05) is 30.3 Å². The third kappa shape index (κ3) is 2.71. The molecule has 0 aliphatic carbocycles. The van der Waals surface area contributed by atoms with E-state index in [0.717, 1.165) is 40.1 Å². The van der Waals surface area contributed by atoms with Crippen LogP contribution in [0, 0.1) is 0 Å². The Bertz CT molecular complexity index is 661. The molecule has 5 nitrogen and oxygen atoms in total. The molecule has 0 spiro atoms. The predicted molar refractivity (Wildman–Crippen MR) is 83.6 cm³/mol. The normalized spacial score (nSPS) is 11.8. The molecule has 0 aliphatic rings. The molecule has 0 fully saturated rings. The van der Waals surface area contributed by atoms with E-state index in [1.165, 1.54) is 0 Å². The van der Waals surface area contributed by atoms with E-state index in [0.29, 0.717) is 12.0 Å². The summed E-state index contributed by atoms with van der Waals surface area (Å²) in [4.78, 5) is 4.28. The SMILES string of the molecule is CCN=c1ccc2c(NCC)cc(NCC)cc2n1O. The van der Waals surface area contributed by atoms with Crippen molar-refractivity contribution in [3.63, 3.8) is 0 Å². The van der Waals surface area contributed by atoms with Gasteiger partial charge in [0.2, 0.25) is 0 Å². The molecule has 2 aromatic rings. The second-order valence-electron chi connectivity index (χ2n) is 4.49. The Balaban J connectivity index is 2.72. The number of nitrogens with one attached hydrogen (secondary N) is 2. The Morgan fingerprint density at radius 1 is 1.10 bits per heavy atom. The van der Waals surface area contributed by atoms with E-state index in [1.54, 1.807) is 0 Å². The summed E-state index contributed by atoms with van der Waals surface area (Å²) in [6, 6.07) is 7.82. The van der Waals surface area contributed by atoms with Crippen LogP contribution in [0.1, 0.15) is 20.8 Å². The Hall–Kier alpha value is -2.17. The Morgan fingerprint density at radius 3 is 2.50 bits per heavy atom. The zero-order valence-corrected chi connectivity index (χ0v) is 12.3. The van der Waals surface area contributed by atoms with Crippen LogP contribution in [-0.2, 0) is 0 Å². The molecular formula is C15H22N4O. The van der Waals surface area contributed by atoms with Crippen LogP contribution in [0.3, 0.4) is 0 Å². The average Bonchev–Trinajstić information content (AvgIpc) is 2.43. The second-order valence-corrected chi connectivity index (χ2v) is 4.49. The monoisotopic (exact) mass is 274 g/mol. The summed E-state index contributed by atoms with van der Waals surface area (Å²) in [5.74, 6) is 0. The van der Waals surface area contributed by atoms with Gasteiger partial charge in [0.05, 0.1) is 5.52 Å². The molecule has 1 aromatic heterocycles. The molecular weight excluding hydrogens is 252 g/mol. The van der Waals surface area contributed by atoms with Gasteiger partial charge in [-0.15, -0.1) is 0 Å². The molecule has 3 N–H and O–H groups in total. The number of hydrogen-bond acceptors (Lipinski definition) is 4. The van der Waals surface area contributed by atoms with Crippen LogP contribution < -0.4 is 16.1 Å². The fraction of sp³-hybridized carbons (Fsp3) is 0.400. The smallest absolute Gasteiger partial charge is 0.164 e. The van der Waals surface area contributed by atoms with E-state index in [1.807, 2.05) is 32.0 Å². The lowest BCUT2D eigenvalue weighted by Gasteiger charge is -2.14. The van der Waals surface area contributed by atoms with Gasteiger partial charge >= 0.3 is 0 Å². The average molecular weight is 274 g/mol. The fourth-order valence-electron chi connectivity index (χ4n) is 2.26. The molecule has 108 valence electrons. The van der Waals surface area contributed by atoms with E-state index in [4.69, 9.17) is 0 Å². The summed E-state index contributed by atoms with van der Waals surface area (Å²) < 4.78 is 1.15. The maximum absolute atomic E-state index is 10.3. The molecule has 2 rings (SSSR count). The highest BCUT2D eigenvalue weighted by molar-refractivity contribution is 5.94. The van der Waals surface area contributed by atoms with Crippen LogP contribution in [0.4, 0.5) is 11.4 Å². The summed E-state index contributed by atoms with van der Waals surface area (Å²) in [5.41, 5.74) is 3.30. The maximum atomic E-state index is 10.3. The second kappa shape index (κ2) is 6.32. The van der Waals surface area contributed by atoms with Gasteiger partial charge in [0.1, 0.15) is 0 Å². The molecule has 0 amide bonds. The molecule has 0 aliphatic heterocycles. The summed E-state index contributed by atoms with van der Waals surface area (Å²) in [7, 11) is 0. The molecule has 0 saturated carbocycles. The maximum Gasteiger partial charge on any atom is 0.164 e. The molecule has 1 aromatic carbocycles. The molecule has 20 heavy (non-hydrogen) atoms. The topological polar surface area (TPSA) is 61.6 Å². The third-order valence-electron chi connectivity index (χ3n) is 3.07. The van der Waals surface area contributed by atoms with Crippen molar-refractivity contribution in [1.82, 2.24) is 4.73 Å². The van der Waals surface area contributed by atoms with Crippen molar-refractivity contribution >= 4 is 22.3 Å². The highest BCUT2D eigenvalue weighted by Gasteiger charge is 2.07. The lowest BCUT2D eigenvalue weighted by molar-refractivity contribution is 0.185. The molecule has 5 heteroatoms. The lowest BCUT2D eigenvalue weighted by Crippen LogP contribution is -2.19. The van der Waals surface area contributed by atoms with Crippen molar-refractivity contribution in [3.05, 3.63) is 29.8 Å². The minimum atomic E-state index is 0.566. The summed E-state index contributed by atoms with van der Waals surface area (Å²) >= 11 is 0. The highest BCUT2D eigenvalue weighted by Crippen LogP contribution is 2.26. The van der Waals surface area contributed by atoms with Crippen molar-refractivity contribution in [3.8, 4) is 0 Å². The van der Waals surface area contributed by atoms with Crippen LogP contribution in [0.5, 0.6) is 0 Å². The number of anilines is 2. The lowest BCUT2D eigenvalue weighted by atomic mass is 10.1. The van der Waals surface area contributed by atoms with Gasteiger partial charge in [0.25, 0.3) is 0 Å². The first-order valence-electron chi connectivity index (χ1n) is 7.08. The summed E-state index contributed by atoms with van der Waals surface area (Å²) in [6.07, 6.45) is 0. The Morgan fingerprint density at radius 2 is 1.85 bits per heavy atom. The Kier molecular flexibility index (Phi) is 4.50. The van der Waals surface area contributed by atoms with E-state index in [2.05, 4.69) is 28.6 Å². The standard InChI is InChI=1S/C15H22N4O/c1-4-16-11-9-13(17-5-2)12-7-8-15(18-6-3)19(20)14(12)10-11/h7-10,16-17,20H,4-6H2,1-3H3. The number of rotatable bonds is 5. The van der Waals surface area contributed by atoms with Crippen LogP contribution in [0.25, 0.3) is 10.9 Å². The third-order valence-corrected chi connectivity index (χ3v) is 3.07. The van der Waals surface area contributed by atoms with E-state index < -0.39 is 0 Å². The number of nitrogens with zero attached hydrogens (tertiary/aromatic N) is 2. The van der Waals surface area contributed by atoms with Gasteiger partial charge in [-0.1, -0.05) is 0 Å². The number of hydrogen-bond donors (Lipinski definition) is 3. The van der Waals surface area contributed by atoms with Gasteiger partial charge in [0.15, 0.2) is 5.49 Å². The molecule has 0 unspecified atom stereocenters. The molecule has 0 radical (unpaired) electrons. The van der Waals surface area contributed by atoms with Crippen molar-refractivity contribution in [2.24, 2.45) is 4.99 Å². The number of benzene rings is 1. The van der Waals surface area contributed by atoms with Gasteiger partial charge in [-0.2, -0.15) is 4.73 Å². The van der Waals surface area contributed by atoms with Gasteiger partial charge in [-0.05, 0) is 45.0 Å². The van der Waals surface area contributed by atoms with Gasteiger partial charge in [-0.25, -0.2) is 0 Å².